The molecule has 0 saturated heterocycles. The molecular formula is C13H23N3. The molecule has 16 heavy (non-hydrogen) atoms. The summed E-state index contributed by atoms with van der Waals surface area (Å²) in [5.74, 6) is 0. The molecule has 0 aliphatic rings. The molecule has 3 heteroatoms. The Morgan fingerprint density at radius 2 is 1.81 bits per heavy atom. The molecule has 0 radical (unpaired) electrons. The highest BCUT2D eigenvalue weighted by atomic mass is 15.2. The van der Waals surface area contributed by atoms with Gasteiger partial charge in [-0.3, -0.25) is 0 Å². The molecule has 1 rings (SSSR count). The number of hydrogen-bond donors (Lipinski definition) is 1. The molecule has 2 N–H and O–H groups in total. The highest BCUT2D eigenvalue weighted by Gasteiger charge is 2.06. The number of hydrogen-bond acceptors (Lipinski definition) is 3. The summed E-state index contributed by atoms with van der Waals surface area (Å²) >= 11 is 0. The van der Waals surface area contributed by atoms with Crippen molar-refractivity contribution in [2.24, 2.45) is 0 Å². The van der Waals surface area contributed by atoms with Gasteiger partial charge in [0.2, 0.25) is 0 Å². The van der Waals surface area contributed by atoms with Crippen LogP contribution in [0.25, 0.3) is 0 Å². The second-order valence-corrected chi connectivity index (χ2v) is 4.47. The normalized spacial score (nSPS) is 10.8. The van der Waals surface area contributed by atoms with Crippen molar-refractivity contribution in [3.8, 4) is 0 Å². The number of nitrogens with zero attached hydrogens (tertiary/aromatic N) is 2. The highest BCUT2D eigenvalue weighted by Crippen LogP contribution is 2.22. The maximum absolute atomic E-state index is 5.84. The van der Waals surface area contributed by atoms with Crippen molar-refractivity contribution in [1.29, 1.82) is 0 Å². The van der Waals surface area contributed by atoms with Gasteiger partial charge in [-0.1, -0.05) is 13.0 Å². The molecule has 0 amide bonds. The summed E-state index contributed by atoms with van der Waals surface area (Å²) in [6, 6.07) is 6.16. The number of benzene rings is 1. The van der Waals surface area contributed by atoms with E-state index in [1.165, 1.54) is 11.3 Å². The smallest absolute Gasteiger partial charge is 0.0417 e. The summed E-state index contributed by atoms with van der Waals surface area (Å²) in [6.45, 7) is 4.24. The highest BCUT2D eigenvalue weighted by molar-refractivity contribution is 5.61. The zero-order valence-corrected chi connectivity index (χ0v) is 10.8. The van der Waals surface area contributed by atoms with Gasteiger partial charge in [-0.25, -0.2) is 0 Å². The Morgan fingerprint density at radius 3 is 2.38 bits per heavy atom. The molecule has 0 bridgehead atoms. The third-order valence-electron chi connectivity index (χ3n) is 2.78. The first-order valence-electron chi connectivity index (χ1n) is 5.79. The van der Waals surface area contributed by atoms with E-state index in [4.69, 9.17) is 5.73 Å². The van der Waals surface area contributed by atoms with Gasteiger partial charge in [0.25, 0.3) is 0 Å². The van der Waals surface area contributed by atoms with Crippen molar-refractivity contribution in [2.75, 3.05) is 44.9 Å². The first-order valence-corrected chi connectivity index (χ1v) is 5.79. The van der Waals surface area contributed by atoms with E-state index in [1.807, 2.05) is 6.07 Å². The summed E-state index contributed by atoms with van der Waals surface area (Å²) < 4.78 is 0. The van der Waals surface area contributed by atoms with Crippen LogP contribution in [0.1, 0.15) is 12.5 Å². The number of nitrogens with two attached hydrogens (primary N) is 1. The van der Waals surface area contributed by atoms with Crippen LogP contribution in [-0.4, -0.2) is 39.1 Å². The maximum atomic E-state index is 5.84. The number of anilines is 2. The van der Waals surface area contributed by atoms with Crippen LogP contribution in [0.15, 0.2) is 18.2 Å². The van der Waals surface area contributed by atoms with Crippen LogP contribution in [0.5, 0.6) is 0 Å². The molecule has 0 spiro atoms. The lowest BCUT2D eigenvalue weighted by Crippen LogP contribution is -2.29. The lowest BCUT2D eigenvalue weighted by molar-refractivity contribution is 0.416. The summed E-state index contributed by atoms with van der Waals surface area (Å²) in [4.78, 5) is 4.46. The van der Waals surface area contributed by atoms with Crippen LogP contribution in [0.4, 0.5) is 11.4 Å². The van der Waals surface area contributed by atoms with E-state index >= 15 is 0 Å². The molecule has 0 aliphatic heterocycles. The van der Waals surface area contributed by atoms with Crippen LogP contribution in [0.3, 0.4) is 0 Å². The molecule has 0 fully saturated rings. The fourth-order valence-electron chi connectivity index (χ4n) is 1.71. The molecular weight excluding hydrogens is 198 g/mol. The molecule has 0 aliphatic carbocycles. The van der Waals surface area contributed by atoms with Gasteiger partial charge < -0.3 is 15.5 Å². The second-order valence-electron chi connectivity index (χ2n) is 4.47. The Hall–Kier alpha value is -1.22. The van der Waals surface area contributed by atoms with E-state index < -0.39 is 0 Å². The monoisotopic (exact) mass is 221 g/mol. The van der Waals surface area contributed by atoms with Crippen LogP contribution in [0, 0.1) is 0 Å². The zero-order chi connectivity index (χ0) is 12.1. The predicted molar refractivity (Wildman–Crippen MR) is 72.1 cm³/mol. The van der Waals surface area contributed by atoms with Crippen molar-refractivity contribution in [3.05, 3.63) is 23.8 Å². The average molecular weight is 221 g/mol. The third-order valence-corrected chi connectivity index (χ3v) is 2.78. The van der Waals surface area contributed by atoms with E-state index in [1.54, 1.807) is 0 Å². The van der Waals surface area contributed by atoms with Crippen molar-refractivity contribution in [1.82, 2.24) is 4.90 Å². The molecule has 1 aromatic rings. The molecule has 0 atom stereocenters. The molecule has 0 heterocycles. The molecule has 0 unspecified atom stereocenters. The Labute approximate surface area is 98.8 Å². The van der Waals surface area contributed by atoms with E-state index in [0.29, 0.717) is 0 Å². The lowest BCUT2D eigenvalue weighted by Gasteiger charge is -2.24. The largest absolute Gasteiger partial charge is 0.399 e. The predicted octanol–water partition coefficient (Wildman–Crippen LogP) is 1.83. The van der Waals surface area contributed by atoms with Gasteiger partial charge in [-0.05, 0) is 38.2 Å². The lowest BCUT2D eigenvalue weighted by atomic mass is 10.1. The first kappa shape index (κ1) is 12.8. The topological polar surface area (TPSA) is 32.5 Å². The second kappa shape index (κ2) is 5.75. The molecule has 0 aromatic heterocycles. The van der Waals surface area contributed by atoms with Gasteiger partial charge in [-0.15, -0.1) is 0 Å². The van der Waals surface area contributed by atoms with E-state index in [2.05, 4.69) is 50.0 Å². The Bertz CT molecular complexity index is 334. The fraction of sp³-hybridized carbons (Fsp3) is 0.538. The summed E-state index contributed by atoms with van der Waals surface area (Å²) in [5.41, 5.74) is 9.29. The molecule has 1 aromatic carbocycles. The van der Waals surface area contributed by atoms with Gasteiger partial charge in [0.15, 0.2) is 0 Å². The third kappa shape index (κ3) is 3.42. The van der Waals surface area contributed by atoms with E-state index in [-0.39, 0.29) is 0 Å². The maximum Gasteiger partial charge on any atom is 0.0417 e. The molecule has 3 nitrogen and oxygen atoms in total. The van der Waals surface area contributed by atoms with Gasteiger partial charge in [0, 0.05) is 31.5 Å². The van der Waals surface area contributed by atoms with Gasteiger partial charge in [0.05, 0.1) is 0 Å². The minimum atomic E-state index is 0.837. The average Bonchev–Trinajstić information content (AvgIpc) is 2.25. The fourth-order valence-corrected chi connectivity index (χ4v) is 1.71. The minimum Gasteiger partial charge on any atom is -0.399 e. The summed E-state index contributed by atoms with van der Waals surface area (Å²) in [5, 5.41) is 0. The standard InChI is InChI=1S/C13H23N3/c1-5-11-6-7-12(14)10-13(11)16(4)9-8-15(2)3/h6-7,10H,5,8-9,14H2,1-4H3. The number of rotatable bonds is 5. The molecule has 90 valence electrons. The minimum absolute atomic E-state index is 0.837. The summed E-state index contributed by atoms with van der Waals surface area (Å²) in [7, 11) is 6.30. The van der Waals surface area contributed by atoms with Crippen molar-refractivity contribution in [3.63, 3.8) is 0 Å². The Balaban J connectivity index is 2.80. The first-order chi connectivity index (χ1) is 7.54. The van der Waals surface area contributed by atoms with Crippen molar-refractivity contribution < 1.29 is 0 Å². The number of aryl methyl sites for hydroxylation is 1. The van der Waals surface area contributed by atoms with E-state index in [9.17, 15) is 0 Å². The molecule has 0 saturated carbocycles. The number of likely N-dealkylation sites (N-methyl/N-ethyl adjacent to an activating group) is 2. The van der Waals surface area contributed by atoms with Crippen LogP contribution in [-0.2, 0) is 6.42 Å². The van der Waals surface area contributed by atoms with Gasteiger partial charge >= 0.3 is 0 Å². The van der Waals surface area contributed by atoms with E-state index in [0.717, 1.165) is 25.2 Å². The van der Waals surface area contributed by atoms with Crippen molar-refractivity contribution in [2.45, 2.75) is 13.3 Å². The Morgan fingerprint density at radius 1 is 1.12 bits per heavy atom. The number of nitrogen functional groups attached to an aromatic ring is 1. The Kier molecular flexibility index (Phi) is 4.62. The SMILES string of the molecule is CCc1ccc(N)cc1N(C)CCN(C)C. The van der Waals surface area contributed by atoms with Crippen LogP contribution in [0.2, 0.25) is 0 Å². The summed E-state index contributed by atoms with van der Waals surface area (Å²) in [6.07, 6.45) is 1.04. The van der Waals surface area contributed by atoms with Crippen LogP contribution >= 0.6 is 0 Å². The quantitative estimate of drug-likeness (QED) is 0.770. The van der Waals surface area contributed by atoms with Gasteiger partial charge in [0.1, 0.15) is 0 Å². The van der Waals surface area contributed by atoms with Crippen LogP contribution < -0.4 is 10.6 Å². The van der Waals surface area contributed by atoms with Gasteiger partial charge in [-0.2, -0.15) is 0 Å². The zero-order valence-electron chi connectivity index (χ0n) is 10.8. The van der Waals surface area contributed by atoms with Crippen molar-refractivity contribution >= 4 is 11.4 Å².